The molecule has 0 aliphatic carbocycles. The molecule has 1 aromatic heterocycles. The minimum Gasteiger partial charge on any atom is -0.465 e. The van der Waals surface area contributed by atoms with Crippen molar-refractivity contribution >= 4 is 23.9 Å². The molecule has 0 bridgehead atoms. The smallest absolute Gasteiger partial charge is 0.126 e. The van der Waals surface area contributed by atoms with Crippen LogP contribution < -0.4 is 0 Å². The number of benzene rings is 1. The topological polar surface area (TPSA) is 32.0 Å². The highest BCUT2D eigenvalue weighted by atomic mass is 35.5. The van der Waals surface area contributed by atoms with Crippen LogP contribution in [0.2, 0.25) is 5.02 Å². The predicted molar refractivity (Wildman–Crippen MR) is 94.5 cm³/mol. The predicted octanol–water partition coefficient (Wildman–Crippen LogP) is 3.75. The Hall–Kier alpha value is -2.04. The van der Waals surface area contributed by atoms with Crippen LogP contribution in [-0.4, -0.2) is 42.3 Å². The van der Waals surface area contributed by atoms with Gasteiger partial charge < -0.3 is 4.42 Å². The average molecular weight is 330 g/mol. The first kappa shape index (κ1) is 15.8. The van der Waals surface area contributed by atoms with Crippen molar-refractivity contribution < 1.29 is 4.42 Å². The fourth-order valence-electron chi connectivity index (χ4n) is 2.54. The van der Waals surface area contributed by atoms with Gasteiger partial charge in [0.05, 0.1) is 6.26 Å². The number of allylic oxidation sites excluding steroid dienone is 1. The Kier molecular flexibility index (Phi) is 5.51. The summed E-state index contributed by atoms with van der Waals surface area (Å²) in [6, 6.07) is 11.8. The zero-order valence-corrected chi connectivity index (χ0v) is 13.7. The number of halogens is 1. The van der Waals surface area contributed by atoms with Gasteiger partial charge >= 0.3 is 0 Å². The Balaban J connectivity index is 1.44. The molecule has 1 saturated heterocycles. The van der Waals surface area contributed by atoms with E-state index in [1.807, 2.05) is 48.7 Å². The second-order valence-corrected chi connectivity index (χ2v) is 5.87. The number of nitrogens with zero attached hydrogens (tertiary/aromatic N) is 3. The minimum atomic E-state index is 0.834. The molecule has 23 heavy (non-hydrogen) atoms. The van der Waals surface area contributed by atoms with Crippen molar-refractivity contribution in [1.82, 2.24) is 9.91 Å². The highest BCUT2D eigenvalue weighted by molar-refractivity contribution is 6.31. The standard InChI is InChI=1S/C18H20ClN3O/c19-18-8-2-1-5-16(18)15-21-10-12-22(13-11-21)20-9-3-6-17-7-4-14-23-17/h1-9,14H,10-13,15H2/b6-3+,20-9?. The molecule has 1 aliphatic heterocycles. The third kappa shape index (κ3) is 4.71. The number of piperazine rings is 1. The molecule has 0 radical (unpaired) electrons. The van der Waals surface area contributed by atoms with Crippen molar-refractivity contribution in [3.8, 4) is 0 Å². The molecule has 4 nitrogen and oxygen atoms in total. The lowest BCUT2D eigenvalue weighted by atomic mass is 10.2. The summed E-state index contributed by atoms with van der Waals surface area (Å²) in [6.45, 7) is 4.73. The summed E-state index contributed by atoms with van der Waals surface area (Å²) >= 11 is 6.22. The lowest BCUT2D eigenvalue weighted by Crippen LogP contribution is -2.43. The minimum absolute atomic E-state index is 0.834. The number of rotatable bonds is 5. The Bertz CT molecular complexity index is 659. The van der Waals surface area contributed by atoms with Crippen molar-refractivity contribution in [3.05, 3.63) is 65.1 Å². The summed E-state index contributed by atoms with van der Waals surface area (Å²) in [5.74, 6) is 0.834. The maximum absolute atomic E-state index is 6.22. The third-order valence-electron chi connectivity index (χ3n) is 3.82. The van der Waals surface area contributed by atoms with Gasteiger partial charge in [0.15, 0.2) is 0 Å². The molecule has 0 atom stereocenters. The first-order valence-electron chi connectivity index (χ1n) is 7.76. The lowest BCUT2D eigenvalue weighted by molar-refractivity contribution is 0.131. The number of hydrazone groups is 1. The third-order valence-corrected chi connectivity index (χ3v) is 4.19. The van der Waals surface area contributed by atoms with E-state index in [2.05, 4.69) is 21.1 Å². The molecule has 0 unspecified atom stereocenters. The normalized spacial score (nSPS) is 16.7. The Morgan fingerprint density at radius 3 is 2.65 bits per heavy atom. The number of hydrogen-bond acceptors (Lipinski definition) is 4. The largest absolute Gasteiger partial charge is 0.465 e. The van der Waals surface area contributed by atoms with Gasteiger partial charge in [-0.05, 0) is 35.9 Å². The molecular formula is C18H20ClN3O. The Morgan fingerprint density at radius 2 is 1.91 bits per heavy atom. The van der Waals surface area contributed by atoms with Gasteiger partial charge in [0, 0.05) is 44.0 Å². The van der Waals surface area contributed by atoms with Crippen LogP contribution >= 0.6 is 11.6 Å². The lowest BCUT2D eigenvalue weighted by Gasteiger charge is -2.33. The fraction of sp³-hybridized carbons (Fsp3) is 0.278. The fourth-order valence-corrected chi connectivity index (χ4v) is 2.73. The van der Waals surface area contributed by atoms with Gasteiger partial charge in [-0.1, -0.05) is 29.8 Å². The molecule has 0 amide bonds. The van der Waals surface area contributed by atoms with Crippen molar-refractivity contribution in [2.75, 3.05) is 26.2 Å². The molecule has 1 aliphatic rings. The maximum atomic E-state index is 6.22. The summed E-state index contributed by atoms with van der Waals surface area (Å²) in [7, 11) is 0. The van der Waals surface area contributed by atoms with Gasteiger partial charge in [-0.3, -0.25) is 9.91 Å². The maximum Gasteiger partial charge on any atom is 0.126 e. The van der Waals surface area contributed by atoms with Crippen LogP contribution in [0.3, 0.4) is 0 Å². The van der Waals surface area contributed by atoms with Crippen molar-refractivity contribution in [1.29, 1.82) is 0 Å². The van der Waals surface area contributed by atoms with E-state index in [1.54, 1.807) is 6.26 Å². The van der Waals surface area contributed by atoms with E-state index in [1.165, 1.54) is 5.56 Å². The van der Waals surface area contributed by atoms with Crippen molar-refractivity contribution in [3.63, 3.8) is 0 Å². The summed E-state index contributed by atoms with van der Waals surface area (Å²) in [4.78, 5) is 2.41. The zero-order valence-electron chi connectivity index (χ0n) is 12.9. The molecule has 3 rings (SSSR count). The first-order chi connectivity index (χ1) is 11.3. The second-order valence-electron chi connectivity index (χ2n) is 5.46. The van der Waals surface area contributed by atoms with E-state index in [9.17, 15) is 0 Å². The van der Waals surface area contributed by atoms with Gasteiger partial charge in [-0.2, -0.15) is 5.10 Å². The molecule has 120 valence electrons. The summed E-state index contributed by atoms with van der Waals surface area (Å²) in [6.07, 6.45) is 7.27. The van der Waals surface area contributed by atoms with Crippen LogP contribution in [0.5, 0.6) is 0 Å². The van der Waals surface area contributed by atoms with Gasteiger partial charge in [0.2, 0.25) is 0 Å². The Labute approximate surface area is 141 Å². The second kappa shape index (κ2) is 7.99. The van der Waals surface area contributed by atoms with Crippen LogP contribution in [-0.2, 0) is 6.54 Å². The molecule has 0 spiro atoms. The quantitative estimate of drug-likeness (QED) is 0.783. The number of furan rings is 1. The van der Waals surface area contributed by atoms with Crippen LogP contribution in [0.15, 0.2) is 58.3 Å². The molecule has 0 saturated carbocycles. The van der Waals surface area contributed by atoms with Gasteiger partial charge in [0.25, 0.3) is 0 Å². The molecule has 2 heterocycles. The molecule has 1 aromatic carbocycles. The van der Waals surface area contributed by atoms with Gasteiger partial charge in [-0.15, -0.1) is 0 Å². The van der Waals surface area contributed by atoms with Crippen LogP contribution in [0.1, 0.15) is 11.3 Å². The van der Waals surface area contributed by atoms with Crippen LogP contribution in [0, 0.1) is 0 Å². The highest BCUT2D eigenvalue weighted by Gasteiger charge is 2.15. The van der Waals surface area contributed by atoms with Crippen LogP contribution in [0.25, 0.3) is 6.08 Å². The van der Waals surface area contributed by atoms with E-state index < -0.39 is 0 Å². The molecule has 1 fully saturated rings. The van der Waals surface area contributed by atoms with Crippen molar-refractivity contribution in [2.24, 2.45) is 5.10 Å². The van der Waals surface area contributed by atoms with E-state index in [0.717, 1.165) is 43.5 Å². The van der Waals surface area contributed by atoms with Crippen molar-refractivity contribution in [2.45, 2.75) is 6.54 Å². The van der Waals surface area contributed by atoms with E-state index in [4.69, 9.17) is 16.0 Å². The average Bonchev–Trinajstić information content (AvgIpc) is 3.09. The SMILES string of the molecule is Clc1ccccc1CN1CCN(N=C/C=C/c2ccco2)CC1. The summed E-state index contributed by atoms with van der Waals surface area (Å²) in [5, 5.41) is 7.41. The van der Waals surface area contributed by atoms with E-state index in [0.29, 0.717) is 0 Å². The van der Waals surface area contributed by atoms with Gasteiger partial charge in [0.1, 0.15) is 5.76 Å². The van der Waals surface area contributed by atoms with Gasteiger partial charge in [-0.25, -0.2) is 0 Å². The zero-order chi connectivity index (χ0) is 15.9. The van der Waals surface area contributed by atoms with E-state index >= 15 is 0 Å². The summed E-state index contributed by atoms with van der Waals surface area (Å²) < 4.78 is 5.23. The molecular weight excluding hydrogens is 310 g/mol. The monoisotopic (exact) mass is 329 g/mol. The molecule has 5 heteroatoms. The highest BCUT2D eigenvalue weighted by Crippen LogP contribution is 2.17. The van der Waals surface area contributed by atoms with E-state index in [-0.39, 0.29) is 0 Å². The number of hydrogen-bond donors (Lipinski definition) is 0. The Morgan fingerprint density at radius 1 is 1.09 bits per heavy atom. The first-order valence-corrected chi connectivity index (χ1v) is 8.14. The van der Waals surface area contributed by atoms with Crippen LogP contribution in [0.4, 0.5) is 0 Å². The summed E-state index contributed by atoms with van der Waals surface area (Å²) in [5.41, 5.74) is 1.19. The molecule has 2 aromatic rings. The molecule has 0 N–H and O–H groups in total.